The molecule has 3 heteroatoms. The van der Waals surface area contributed by atoms with Gasteiger partial charge in [-0.25, -0.2) is 0 Å². The summed E-state index contributed by atoms with van der Waals surface area (Å²) in [6, 6.07) is 13.3. The number of aryl methyl sites for hydroxylation is 1. The van der Waals surface area contributed by atoms with Crippen LogP contribution in [0.3, 0.4) is 0 Å². The van der Waals surface area contributed by atoms with Gasteiger partial charge in [0.2, 0.25) is 0 Å². The van der Waals surface area contributed by atoms with Crippen molar-refractivity contribution in [1.82, 2.24) is 0 Å². The van der Waals surface area contributed by atoms with E-state index in [-0.39, 0.29) is 0 Å². The number of aliphatic hydroxyl groups is 1. The molecule has 2 rings (SSSR count). The standard InChI is InChI=1S/C14H12BrClO/c1-9-2-4-10(5-3-9)14(17)11-6-7-12(15)13(16)8-11/h2-8,14,17H,1H3. The maximum absolute atomic E-state index is 10.2. The predicted octanol–water partition coefficient (Wildman–Crippen LogP) is 4.49. The summed E-state index contributed by atoms with van der Waals surface area (Å²) in [5, 5.41) is 10.8. The maximum atomic E-state index is 10.2. The van der Waals surface area contributed by atoms with Crippen molar-refractivity contribution in [2.45, 2.75) is 13.0 Å². The summed E-state index contributed by atoms with van der Waals surface area (Å²) >= 11 is 9.34. The van der Waals surface area contributed by atoms with Crippen molar-refractivity contribution in [2.24, 2.45) is 0 Å². The summed E-state index contributed by atoms with van der Waals surface area (Å²) < 4.78 is 0.832. The second kappa shape index (κ2) is 5.21. The quantitative estimate of drug-likeness (QED) is 0.866. The monoisotopic (exact) mass is 310 g/mol. The normalized spacial score (nSPS) is 12.5. The highest BCUT2D eigenvalue weighted by Gasteiger charge is 2.11. The van der Waals surface area contributed by atoms with E-state index in [4.69, 9.17) is 11.6 Å². The molecule has 0 radical (unpaired) electrons. The van der Waals surface area contributed by atoms with Crippen LogP contribution in [0.25, 0.3) is 0 Å². The minimum Gasteiger partial charge on any atom is -0.384 e. The number of hydrogen-bond donors (Lipinski definition) is 1. The molecule has 1 unspecified atom stereocenters. The molecule has 0 aromatic heterocycles. The molecule has 88 valence electrons. The molecule has 0 heterocycles. The molecule has 0 amide bonds. The number of aliphatic hydroxyl groups excluding tert-OH is 1. The minimum absolute atomic E-state index is 0.605. The Bertz CT molecular complexity index is 522. The maximum Gasteiger partial charge on any atom is 0.104 e. The Kier molecular flexibility index (Phi) is 3.87. The predicted molar refractivity (Wildman–Crippen MR) is 74.4 cm³/mol. The van der Waals surface area contributed by atoms with E-state index in [1.165, 1.54) is 5.56 Å². The summed E-state index contributed by atoms with van der Waals surface area (Å²) in [4.78, 5) is 0. The van der Waals surface area contributed by atoms with Gasteiger partial charge in [0.1, 0.15) is 6.10 Å². The first kappa shape index (κ1) is 12.6. The van der Waals surface area contributed by atoms with Crippen LogP contribution in [-0.4, -0.2) is 5.11 Å². The van der Waals surface area contributed by atoms with Gasteiger partial charge in [-0.15, -0.1) is 0 Å². The number of benzene rings is 2. The Hall–Kier alpha value is -0.830. The van der Waals surface area contributed by atoms with E-state index in [1.807, 2.05) is 43.3 Å². The van der Waals surface area contributed by atoms with Gasteiger partial charge in [0.05, 0.1) is 5.02 Å². The molecule has 17 heavy (non-hydrogen) atoms. The van der Waals surface area contributed by atoms with E-state index in [9.17, 15) is 5.11 Å². The fraction of sp³-hybridized carbons (Fsp3) is 0.143. The van der Waals surface area contributed by atoms with Crippen molar-refractivity contribution in [2.75, 3.05) is 0 Å². The Morgan fingerprint density at radius 3 is 2.24 bits per heavy atom. The highest BCUT2D eigenvalue weighted by Crippen LogP contribution is 2.29. The number of halogens is 2. The average Bonchev–Trinajstić information content (AvgIpc) is 2.33. The minimum atomic E-state index is -0.638. The fourth-order valence-corrected chi connectivity index (χ4v) is 2.06. The first-order chi connectivity index (χ1) is 8.08. The molecule has 0 aliphatic rings. The highest BCUT2D eigenvalue weighted by atomic mass is 79.9. The lowest BCUT2D eigenvalue weighted by Gasteiger charge is -2.12. The Labute approximate surface area is 114 Å². The Morgan fingerprint density at radius 1 is 1.06 bits per heavy atom. The van der Waals surface area contributed by atoms with Gasteiger partial charge >= 0.3 is 0 Å². The second-order valence-electron chi connectivity index (χ2n) is 3.99. The van der Waals surface area contributed by atoms with Gasteiger partial charge in [0.25, 0.3) is 0 Å². The third-order valence-electron chi connectivity index (χ3n) is 2.65. The van der Waals surface area contributed by atoms with E-state index in [0.717, 1.165) is 15.6 Å². The molecule has 0 bridgehead atoms. The third kappa shape index (κ3) is 2.89. The topological polar surface area (TPSA) is 20.2 Å². The van der Waals surface area contributed by atoms with Crippen molar-refractivity contribution in [3.63, 3.8) is 0 Å². The molecule has 0 aliphatic carbocycles. The van der Waals surface area contributed by atoms with Gasteiger partial charge in [-0.1, -0.05) is 47.5 Å². The fourth-order valence-electron chi connectivity index (χ4n) is 1.62. The van der Waals surface area contributed by atoms with Crippen molar-refractivity contribution >= 4 is 27.5 Å². The summed E-state index contributed by atoms with van der Waals surface area (Å²) in [6.45, 7) is 2.02. The van der Waals surface area contributed by atoms with Gasteiger partial charge in [0.15, 0.2) is 0 Å². The zero-order valence-corrected chi connectivity index (χ0v) is 11.7. The van der Waals surface area contributed by atoms with Crippen LogP contribution in [0.2, 0.25) is 5.02 Å². The molecule has 1 nitrogen and oxygen atoms in total. The third-order valence-corrected chi connectivity index (χ3v) is 3.88. The second-order valence-corrected chi connectivity index (χ2v) is 5.25. The molecule has 0 saturated carbocycles. The molecule has 2 aromatic carbocycles. The molecule has 1 atom stereocenters. The van der Waals surface area contributed by atoms with E-state index in [0.29, 0.717) is 5.02 Å². The molecule has 0 aliphatic heterocycles. The zero-order valence-electron chi connectivity index (χ0n) is 9.32. The molecule has 2 aromatic rings. The summed E-state index contributed by atoms with van der Waals surface area (Å²) in [5.41, 5.74) is 2.84. The molecule has 0 saturated heterocycles. The van der Waals surface area contributed by atoms with Gasteiger partial charge < -0.3 is 5.11 Å². The van der Waals surface area contributed by atoms with Crippen LogP contribution in [0.4, 0.5) is 0 Å². The molecular formula is C14H12BrClO. The van der Waals surface area contributed by atoms with Crippen LogP contribution in [-0.2, 0) is 0 Å². The zero-order chi connectivity index (χ0) is 12.4. The van der Waals surface area contributed by atoms with Crippen molar-refractivity contribution in [3.05, 3.63) is 68.7 Å². The summed E-state index contributed by atoms with van der Waals surface area (Å²) in [6.07, 6.45) is -0.638. The van der Waals surface area contributed by atoms with Crippen LogP contribution >= 0.6 is 27.5 Å². The van der Waals surface area contributed by atoms with Crippen molar-refractivity contribution in [3.8, 4) is 0 Å². The SMILES string of the molecule is Cc1ccc(C(O)c2ccc(Br)c(Cl)c2)cc1. The summed E-state index contributed by atoms with van der Waals surface area (Å²) in [5.74, 6) is 0. The highest BCUT2D eigenvalue weighted by molar-refractivity contribution is 9.10. The van der Waals surface area contributed by atoms with Crippen LogP contribution in [0.5, 0.6) is 0 Å². The average molecular weight is 312 g/mol. The van der Waals surface area contributed by atoms with E-state index >= 15 is 0 Å². The van der Waals surface area contributed by atoms with Gasteiger partial charge in [0, 0.05) is 4.47 Å². The largest absolute Gasteiger partial charge is 0.384 e. The lowest BCUT2D eigenvalue weighted by molar-refractivity contribution is 0.220. The molecule has 0 fully saturated rings. The number of rotatable bonds is 2. The smallest absolute Gasteiger partial charge is 0.104 e. The first-order valence-corrected chi connectivity index (χ1v) is 6.44. The Morgan fingerprint density at radius 2 is 1.65 bits per heavy atom. The lowest BCUT2D eigenvalue weighted by Crippen LogP contribution is -1.99. The Balaban J connectivity index is 2.33. The van der Waals surface area contributed by atoms with Gasteiger partial charge in [-0.05, 0) is 46.1 Å². The van der Waals surface area contributed by atoms with E-state index in [2.05, 4.69) is 15.9 Å². The van der Waals surface area contributed by atoms with Gasteiger partial charge in [-0.2, -0.15) is 0 Å². The van der Waals surface area contributed by atoms with E-state index < -0.39 is 6.10 Å². The van der Waals surface area contributed by atoms with Crippen LogP contribution in [0, 0.1) is 6.92 Å². The summed E-state index contributed by atoms with van der Waals surface area (Å²) in [7, 11) is 0. The van der Waals surface area contributed by atoms with Crippen LogP contribution < -0.4 is 0 Å². The van der Waals surface area contributed by atoms with E-state index in [1.54, 1.807) is 6.07 Å². The molecular weight excluding hydrogens is 300 g/mol. The molecule has 0 spiro atoms. The van der Waals surface area contributed by atoms with Crippen LogP contribution in [0.1, 0.15) is 22.8 Å². The van der Waals surface area contributed by atoms with Crippen molar-refractivity contribution in [1.29, 1.82) is 0 Å². The lowest BCUT2D eigenvalue weighted by atomic mass is 10.0. The van der Waals surface area contributed by atoms with Gasteiger partial charge in [-0.3, -0.25) is 0 Å². The number of hydrogen-bond acceptors (Lipinski definition) is 1. The van der Waals surface area contributed by atoms with Crippen molar-refractivity contribution < 1.29 is 5.11 Å². The molecule has 1 N–H and O–H groups in total. The first-order valence-electron chi connectivity index (χ1n) is 5.27. The van der Waals surface area contributed by atoms with Crippen LogP contribution in [0.15, 0.2) is 46.9 Å².